The number of rotatable bonds is 9. The van der Waals surface area contributed by atoms with Gasteiger partial charge in [0.1, 0.15) is 16.8 Å². The molecule has 1 aromatic carbocycles. The van der Waals surface area contributed by atoms with Gasteiger partial charge in [-0.1, -0.05) is 51.6 Å². The molecule has 0 saturated heterocycles. The molecule has 0 aliphatic rings. The van der Waals surface area contributed by atoms with Crippen LogP contribution in [0.5, 0.6) is 11.5 Å². The van der Waals surface area contributed by atoms with Gasteiger partial charge in [0.05, 0.1) is 22.8 Å². The Hall–Kier alpha value is -1.01. The molecule has 0 aromatic heterocycles. The van der Waals surface area contributed by atoms with Gasteiger partial charge in [-0.05, 0) is 25.8 Å². The molecule has 5 nitrogen and oxygen atoms in total. The van der Waals surface area contributed by atoms with E-state index in [2.05, 4.69) is 5.16 Å². The van der Waals surface area contributed by atoms with Crippen LogP contribution in [0.3, 0.4) is 0 Å². The van der Waals surface area contributed by atoms with Crippen molar-refractivity contribution in [1.82, 2.24) is 0 Å². The third-order valence-corrected chi connectivity index (χ3v) is 3.74. The summed E-state index contributed by atoms with van der Waals surface area (Å²) in [5, 5.41) is 13.7. The Morgan fingerprint density at radius 1 is 1.28 bits per heavy atom. The fourth-order valence-corrected chi connectivity index (χ4v) is 2.46. The van der Waals surface area contributed by atoms with E-state index in [0.29, 0.717) is 24.7 Å². The molecule has 0 spiro atoms. The molecule has 0 saturated carbocycles. The first kappa shape index (κ1) is 22.0. The van der Waals surface area contributed by atoms with E-state index in [0.717, 1.165) is 6.42 Å². The van der Waals surface area contributed by atoms with E-state index in [1.807, 2.05) is 6.92 Å². The second-order valence-corrected chi connectivity index (χ2v) is 6.88. The van der Waals surface area contributed by atoms with Crippen molar-refractivity contribution in [3.8, 4) is 11.5 Å². The molecule has 1 N–H and O–H groups in total. The molecule has 0 bridgehead atoms. The van der Waals surface area contributed by atoms with Gasteiger partial charge in [-0.15, -0.1) is 0 Å². The van der Waals surface area contributed by atoms with E-state index >= 15 is 0 Å². The van der Waals surface area contributed by atoms with Crippen LogP contribution in [-0.2, 0) is 9.57 Å². The molecule has 0 heterocycles. The lowest BCUT2D eigenvalue weighted by atomic mass is 10.2. The average Bonchev–Trinajstić information content (AvgIpc) is 2.51. The Morgan fingerprint density at radius 2 is 1.92 bits per heavy atom. The molecule has 0 aliphatic heterocycles. The molecule has 1 unspecified atom stereocenters. The van der Waals surface area contributed by atoms with Crippen molar-refractivity contribution in [3.05, 3.63) is 32.7 Å². The zero-order valence-electron chi connectivity index (χ0n) is 13.8. The maximum atomic E-state index is 9.40. The molecule has 1 atom stereocenters. The summed E-state index contributed by atoms with van der Waals surface area (Å²) in [7, 11) is 0. The highest BCUT2D eigenvalue weighted by Crippen LogP contribution is 2.37. The van der Waals surface area contributed by atoms with Crippen LogP contribution >= 0.6 is 46.4 Å². The number of aromatic hydroxyl groups is 1. The molecule has 0 radical (unpaired) electrons. The maximum absolute atomic E-state index is 9.40. The van der Waals surface area contributed by atoms with Crippen LogP contribution in [0.15, 0.2) is 27.9 Å². The van der Waals surface area contributed by atoms with Gasteiger partial charge in [-0.25, -0.2) is 0 Å². The first-order valence-electron chi connectivity index (χ1n) is 7.44. The molecule has 25 heavy (non-hydrogen) atoms. The largest absolute Gasteiger partial charge is 0.508 e. The molecule has 140 valence electrons. The quantitative estimate of drug-likeness (QED) is 0.228. The highest BCUT2D eigenvalue weighted by molar-refractivity contribution is 6.55. The number of phenols is 1. The van der Waals surface area contributed by atoms with Crippen molar-refractivity contribution in [3.63, 3.8) is 0 Å². The Labute approximate surface area is 167 Å². The second kappa shape index (κ2) is 11.6. The predicted molar refractivity (Wildman–Crippen MR) is 102 cm³/mol. The number of ether oxygens (including phenoxy) is 2. The maximum Gasteiger partial charge on any atom is 0.222 e. The van der Waals surface area contributed by atoms with Gasteiger partial charge < -0.3 is 19.4 Å². The van der Waals surface area contributed by atoms with Crippen LogP contribution in [0, 0.1) is 0 Å². The second-order valence-electron chi connectivity index (χ2n) is 5.06. The van der Waals surface area contributed by atoms with Crippen LogP contribution in [0.1, 0.15) is 26.7 Å². The van der Waals surface area contributed by atoms with Crippen LogP contribution in [-0.4, -0.2) is 30.3 Å². The first-order valence-corrected chi connectivity index (χ1v) is 8.96. The van der Waals surface area contributed by atoms with Gasteiger partial charge in [0, 0.05) is 19.1 Å². The van der Waals surface area contributed by atoms with Crippen LogP contribution in [0.4, 0.5) is 0 Å². The zero-order chi connectivity index (χ0) is 18.8. The Morgan fingerprint density at radius 3 is 2.52 bits per heavy atom. The topological polar surface area (TPSA) is 60.3 Å². The summed E-state index contributed by atoms with van der Waals surface area (Å²) in [6, 6.07) is 2.76. The van der Waals surface area contributed by atoms with E-state index < -0.39 is 0 Å². The fraction of sp³-hybridized carbons (Fsp3) is 0.438. The number of benzene rings is 1. The van der Waals surface area contributed by atoms with Crippen molar-refractivity contribution in [2.75, 3.05) is 13.2 Å². The summed E-state index contributed by atoms with van der Waals surface area (Å²) in [4.78, 5) is 4.94. The highest BCUT2D eigenvalue weighted by atomic mass is 35.5. The van der Waals surface area contributed by atoms with Crippen molar-refractivity contribution >= 4 is 52.3 Å². The highest BCUT2D eigenvalue weighted by Gasteiger charge is 2.13. The number of nitrogens with zero attached hydrogens (tertiary/aromatic N) is 1. The molecule has 0 fully saturated rings. The predicted octanol–water partition coefficient (Wildman–Crippen LogP) is 5.93. The van der Waals surface area contributed by atoms with Crippen molar-refractivity contribution in [1.29, 1.82) is 0 Å². The third-order valence-electron chi connectivity index (χ3n) is 2.87. The van der Waals surface area contributed by atoms with Crippen molar-refractivity contribution in [2.45, 2.75) is 32.8 Å². The fourth-order valence-electron chi connectivity index (χ4n) is 1.76. The molecule has 1 rings (SSSR count). The summed E-state index contributed by atoms with van der Waals surface area (Å²) in [5.41, 5.74) is 0. The standard InChI is InChI=1S/C16H19Cl4NO4/c1-10(25-16-13(17)8-12(22)9-14(16)18)4-3-6-23-11(2)21-24-7-5-15(19)20/h5,8-10,22H,3-4,6-7H2,1-2H3. The number of oxime groups is 1. The zero-order valence-corrected chi connectivity index (χ0v) is 16.8. The lowest BCUT2D eigenvalue weighted by molar-refractivity contribution is 0.153. The van der Waals surface area contributed by atoms with Gasteiger partial charge in [-0.2, -0.15) is 0 Å². The summed E-state index contributed by atoms with van der Waals surface area (Å²) in [6.45, 7) is 4.20. The molecule has 0 amide bonds. The van der Waals surface area contributed by atoms with Crippen molar-refractivity contribution in [2.24, 2.45) is 5.16 Å². The molecule has 1 aromatic rings. The monoisotopic (exact) mass is 429 g/mol. The minimum Gasteiger partial charge on any atom is -0.508 e. The summed E-state index contributed by atoms with van der Waals surface area (Å²) in [5.74, 6) is 0.744. The molecule has 0 aliphatic carbocycles. The number of hydrogen-bond acceptors (Lipinski definition) is 5. The minimum atomic E-state index is -0.132. The van der Waals surface area contributed by atoms with Crippen LogP contribution < -0.4 is 4.74 Å². The van der Waals surface area contributed by atoms with E-state index in [4.69, 9.17) is 60.7 Å². The number of halogens is 4. The van der Waals surface area contributed by atoms with Gasteiger partial charge in [-0.3, -0.25) is 0 Å². The lowest BCUT2D eigenvalue weighted by Crippen LogP contribution is -2.14. The van der Waals surface area contributed by atoms with E-state index in [1.54, 1.807) is 6.92 Å². The lowest BCUT2D eigenvalue weighted by Gasteiger charge is -2.17. The summed E-state index contributed by atoms with van der Waals surface area (Å²) >= 11 is 22.9. The number of hydrogen-bond donors (Lipinski definition) is 1. The first-order chi connectivity index (χ1) is 11.8. The van der Waals surface area contributed by atoms with E-state index in [1.165, 1.54) is 18.2 Å². The summed E-state index contributed by atoms with van der Waals surface area (Å²) < 4.78 is 11.3. The SMILES string of the molecule is CC(=NOCC=C(Cl)Cl)OCCCC(C)Oc1c(Cl)cc(O)cc1Cl. The third kappa shape index (κ3) is 9.31. The number of phenolic OH excluding ortho intramolecular Hbond substituents is 1. The molecule has 9 heteroatoms. The normalized spacial score (nSPS) is 12.5. The van der Waals surface area contributed by atoms with Crippen LogP contribution in [0.25, 0.3) is 0 Å². The van der Waals surface area contributed by atoms with E-state index in [9.17, 15) is 5.11 Å². The smallest absolute Gasteiger partial charge is 0.222 e. The average molecular weight is 431 g/mol. The Kier molecular flexibility index (Phi) is 10.2. The van der Waals surface area contributed by atoms with E-state index in [-0.39, 0.29) is 33.0 Å². The summed E-state index contributed by atoms with van der Waals surface area (Å²) in [6.07, 6.45) is 2.78. The van der Waals surface area contributed by atoms with Gasteiger partial charge in [0.15, 0.2) is 5.75 Å². The Balaban J connectivity index is 2.30. The van der Waals surface area contributed by atoms with Gasteiger partial charge in [0.25, 0.3) is 0 Å². The Bertz CT molecular complexity index is 595. The van der Waals surface area contributed by atoms with Crippen molar-refractivity contribution < 1.29 is 19.4 Å². The molecular weight excluding hydrogens is 412 g/mol. The van der Waals surface area contributed by atoms with Crippen LogP contribution in [0.2, 0.25) is 10.0 Å². The minimum absolute atomic E-state index is 0.0100. The van der Waals surface area contributed by atoms with Gasteiger partial charge in [0.2, 0.25) is 5.90 Å². The van der Waals surface area contributed by atoms with Gasteiger partial charge >= 0.3 is 0 Å². The molecular formula is C16H19Cl4NO4.